The molecule has 2 N–H and O–H groups in total. The van der Waals surface area contributed by atoms with Crippen LogP contribution in [0.4, 0.5) is 0 Å². The molecular formula is C28H23N3O4. The number of amides is 1. The number of hydrogen-bond acceptors (Lipinski definition) is 6. The largest absolute Gasteiger partial charge is 0.493 e. The number of nitrogens with zero attached hydrogens (tertiary/aromatic N) is 2. The van der Waals surface area contributed by atoms with Crippen LogP contribution in [-0.2, 0) is 6.42 Å². The Morgan fingerprint density at radius 1 is 0.857 bits per heavy atom. The van der Waals surface area contributed by atoms with E-state index >= 15 is 0 Å². The normalized spacial score (nSPS) is 10.9. The van der Waals surface area contributed by atoms with Crippen molar-refractivity contribution in [2.75, 3.05) is 14.2 Å². The summed E-state index contributed by atoms with van der Waals surface area (Å²) in [6.07, 6.45) is 2.05. The molecule has 35 heavy (non-hydrogen) atoms. The van der Waals surface area contributed by atoms with Crippen LogP contribution in [0.1, 0.15) is 21.5 Å². The molecule has 0 saturated carbocycles. The van der Waals surface area contributed by atoms with E-state index in [0.717, 1.165) is 21.9 Å². The number of aromatic nitrogens is 2. The molecule has 0 aliphatic rings. The molecule has 0 bridgehead atoms. The molecule has 5 rings (SSSR count). The number of fused-ring (bicyclic) bond motifs is 2. The maximum atomic E-state index is 12.4. The van der Waals surface area contributed by atoms with E-state index in [2.05, 4.69) is 9.97 Å². The number of nitrogens with two attached hydrogens (primary N) is 1. The van der Waals surface area contributed by atoms with Crippen LogP contribution < -0.4 is 19.9 Å². The smallest absolute Gasteiger partial charge is 0.249 e. The number of hydrogen-bond donors (Lipinski definition) is 1. The van der Waals surface area contributed by atoms with Crippen LogP contribution in [0.5, 0.6) is 23.1 Å². The summed E-state index contributed by atoms with van der Waals surface area (Å²) in [5.41, 5.74) is 8.97. The van der Waals surface area contributed by atoms with Gasteiger partial charge in [-0.15, -0.1) is 0 Å². The van der Waals surface area contributed by atoms with Crippen molar-refractivity contribution >= 4 is 27.6 Å². The summed E-state index contributed by atoms with van der Waals surface area (Å²) in [4.78, 5) is 21.0. The molecule has 0 radical (unpaired) electrons. The number of primary amides is 1. The Balaban J connectivity index is 1.53. The second kappa shape index (κ2) is 9.30. The van der Waals surface area contributed by atoms with Gasteiger partial charge in [0.05, 0.1) is 30.7 Å². The van der Waals surface area contributed by atoms with E-state index in [1.165, 1.54) is 6.33 Å². The molecule has 0 aliphatic carbocycles. The number of methoxy groups -OCH3 is 2. The Labute approximate surface area is 202 Å². The molecular weight excluding hydrogens is 442 g/mol. The first kappa shape index (κ1) is 22.2. The Kier molecular flexibility index (Phi) is 5.89. The first-order valence-electron chi connectivity index (χ1n) is 11.0. The predicted molar refractivity (Wildman–Crippen MR) is 134 cm³/mol. The van der Waals surface area contributed by atoms with Crippen molar-refractivity contribution in [3.05, 3.63) is 95.8 Å². The van der Waals surface area contributed by atoms with E-state index in [1.807, 2.05) is 54.6 Å². The molecule has 4 aromatic carbocycles. The minimum atomic E-state index is -0.460. The third-order valence-corrected chi connectivity index (χ3v) is 5.88. The monoisotopic (exact) mass is 465 g/mol. The minimum Gasteiger partial charge on any atom is -0.493 e. The van der Waals surface area contributed by atoms with Gasteiger partial charge in [0, 0.05) is 6.07 Å². The lowest BCUT2D eigenvalue weighted by molar-refractivity contribution is 0.100. The Morgan fingerprint density at radius 2 is 1.63 bits per heavy atom. The standard InChI is InChI=1S/C28H23N3O4/c1-33-24-14-22-23(15-25(24)34-2)30-16-31-28(22)35-20-10-11-21-18(13-20)8-9-19(26(21)27(29)32)12-17-6-4-3-5-7-17/h3-11,13-16H,12H2,1-2H3,(H2,29,32). The van der Waals surface area contributed by atoms with Crippen molar-refractivity contribution in [2.45, 2.75) is 6.42 Å². The molecule has 0 aliphatic heterocycles. The van der Waals surface area contributed by atoms with E-state index < -0.39 is 5.91 Å². The van der Waals surface area contributed by atoms with Crippen LogP contribution in [0.3, 0.4) is 0 Å². The van der Waals surface area contributed by atoms with Crippen molar-refractivity contribution < 1.29 is 19.0 Å². The van der Waals surface area contributed by atoms with Crippen LogP contribution in [0, 0.1) is 0 Å². The highest BCUT2D eigenvalue weighted by Crippen LogP contribution is 2.36. The molecule has 0 atom stereocenters. The Hall–Kier alpha value is -4.65. The van der Waals surface area contributed by atoms with Gasteiger partial charge in [-0.05, 0) is 52.6 Å². The topological polar surface area (TPSA) is 96.6 Å². The number of carbonyl (C=O) groups is 1. The number of ether oxygens (including phenoxy) is 3. The fraction of sp³-hybridized carbons (Fsp3) is 0.107. The average molecular weight is 466 g/mol. The fourth-order valence-corrected chi connectivity index (χ4v) is 4.22. The lowest BCUT2D eigenvalue weighted by Gasteiger charge is -2.13. The molecule has 174 valence electrons. The minimum absolute atomic E-state index is 0.381. The zero-order chi connectivity index (χ0) is 24.4. The van der Waals surface area contributed by atoms with Crippen molar-refractivity contribution in [1.82, 2.24) is 9.97 Å². The SMILES string of the molecule is COc1cc2ncnc(Oc3ccc4c(C(N)=O)c(Cc5ccccc5)ccc4c3)c2cc1OC. The van der Waals surface area contributed by atoms with Gasteiger partial charge in [0.25, 0.3) is 0 Å². The average Bonchev–Trinajstić information content (AvgIpc) is 2.88. The maximum Gasteiger partial charge on any atom is 0.249 e. The Morgan fingerprint density at radius 3 is 2.37 bits per heavy atom. The summed E-state index contributed by atoms with van der Waals surface area (Å²) in [7, 11) is 3.14. The zero-order valence-corrected chi connectivity index (χ0v) is 19.3. The Bertz CT molecular complexity index is 1550. The third kappa shape index (κ3) is 4.31. The molecule has 0 fully saturated rings. The lowest BCUT2D eigenvalue weighted by Crippen LogP contribution is -2.14. The molecule has 5 aromatic rings. The molecule has 1 heterocycles. The molecule has 7 heteroatoms. The van der Waals surface area contributed by atoms with Crippen molar-refractivity contribution in [2.24, 2.45) is 5.73 Å². The maximum absolute atomic E-state index is 12.4. The second-order valence-electron chi connectivity index (χ2n) is 8.01. The molecule has 7 nitrogen and oxygen atoms in total. The summed E-state index contributed by atoms with van der Waals surface area (Å²) in [6, 6.07) is 23.0. The van der Waals surface area contributed by atoms with Gasteiger partial charge in [0.15, 0.2) is 11.5 Å². The highest BCUT2D eigenvalue weighted by atomic mass is 16.5. The molecule has 0 spiro atoms. The third-order valence-electron chi connectivity index (χ3n) is 5.88. The van der Waals surface area contributed by atoms with Gasteiger partial charge in [0.1, 0.15) is 12.1 Å². The van der Waals surface area contributed by atoms with E-state index in [-0.39, 0.29) is 0 Å². The summed E-state index contributed by atoms with van der Waals surface area (Å²) < 4.78 is 16.9. The van der Waals surface area contributed by atoms with Crippen molar-refractivity contribution in [3.63, 3.8) is 0 Å². The first-order valence-corrected chi connectivity index (χ1v) is 11.0. The van der Waals surface area contributed by atoms with E-state index in [0.29, 0.717) is 46.0 Å². The van der Waals surface area contributed by atoms with E-state index in [4.69, 9.17) is 19.9 Å². The predicted octanol–water partition coefficient (Wildman–Crippen LogP) is 5.28. The molecule has 0 unspecified atom stereocenters. The number of benzene rings is 4. The zero-order valence-electron chi connectivity index (χ0n) is 19.3. The van der Waals surface area contributed by atoms with Gasteiger partial charge in [-0.1, -0.05) is 42.5 Å². The number of carbonyl (C=O) groups excluding carboxylic acids is 1. The summed E-state index contributed by atoms with van der Waals surface area (Å²) in [5.74, 6) is 1.61. The highest BCUT2D eigenvalue weighted by Gasteiger charge is 2.16. The van der Waals surface area contributed by atoms with Crippen LogP contribution in [0.25, 0.3) is 21.7 Å². The number of rotatable bonds is 7. The van der Waals surface area contributed by atoms with Gasteiger partial charge in [-0.2, -0.15) is 0 Å². The van der Waals surface area contributed by atoms with Crippen molar-refractivity contribution in [1.29, 1.82) is 0 Å². The van der Waals surface area contributed by atoms with Crippen LogP contribution in [0.15, 0.2) is 79.1 Å². The molecule has 1 amide bonds. The van der Waals surface area contributed by atoms with Gasteiger partial charge >= 0.3 is 0 Å². The van der Waals surface area contributed by atoms with E-state index in [9.17, 15) is 4.79 Å². The van der Waals surface area contributed by atoms with Crippen LogP contribution in [0.2, 0.25) is 0 Å². The van der Waals surface area contributed by atoms with Crippen LogP contribution >= 0.6 is 0 Å². The summed E-state index contributed by atoms with van der Waals surface area (Å²) in [5, 5.41) is 2.30. The lowest BCUT2D eigenvalue weighted by atomic mass is 9.94. The quantitative estimate of drug-likeness (QED) is 0.351. The highest BCUT2D eigenvalue weighted by molar-refractivity contribution is 6.08. The summed E-state index contributed by atoms with van der Waals surface area (Å²) in [6.45, 7) is 0. The van der Waals surface area contributed by atoms with Gasteiger partial charge in [-0.25, -0.2) is 9.97 Å². The summed E-state index contributed by atoms with van der Waals surface area (Å²) >= 11 is 0. The van der Waals surface area contributed by atoms with Gasteiger partial charge < -0.3 is 19.9 Å². The van der Waals surface area contributed by atoms with Gasteiger partial charge in [0.2, 0.25) is 11.8 Å². The first-order chi connectivity index (χ1) is 17.1. The van der Waals surface area contributed by atoms with Crippen LogP contribution in [-0.4, -0.2) is 30.1 Å². The molecule has 0 saturated heterocycles. The molecule has 1 aromatic heterocycles. The van der Waals surface area contributed by atoms with E-state index in [1.54, 1.807) is 32.4 Å². The van der Waals surface area contributed by atoms with Gasteiger partial charge in [-0.3, -0.25) is 4.79 Å². The fourth-order valence-electron chi connectivity index (χ4n) is 4.22. The second-order valence-corrected chi connectivity index (χ2v) is 8.01. The van der Waals surface area contributed by atoms with Crippen molar-refractivity contribution in [3.8, 4) is 23.1 Å².